The number of anilines is 6. The summed E-state index contributed by atoms with van der Waals surface area (Å²) in [6, 6.07) is 68.7. The molecule has 0 aliphatic heterocycles. The Hall–Kier alpha value is -8.66. The lowest BCUT2D eigenvalue weighted by Crippen LogP contribution is -2.29. The Balaban J connectivity index is 1.22. The topological polar surface area (TPSA) is 19.6 Å². The van der Waals surface area contributed by atoms with E-state index < -0.39 is 35.6 Å². The van der Waals surface area contributed by atoms with E-state index in [0.717, 1.165) is 77.9 Å². The Bertz CT molecular complexity index is 4150. The van der Waals surface area contributed by atoms with Crippen LogP contribution in [0.3, 0.4) is 0 Å². The number of hydrogen-bond acceptors (Lipinski definition) is 3. The highest BCUT2D eigenvalue weighted by Gasteiger charge is 2.48. The van der Waals surface area contributed by atoms with E-state index in [1.54, 1.807) is 0 Å². The lowest BCUT2D eigenvalue weighted by Gasteiger charge is -2.36. The average Bonchev–Trinajstić information content (AvgIpc) is 3.96. The zero-order chi connectivity index (χ0) is 49.7. The van der Waals surface area contributed by atoms with Crippen molar-refractivity contribution in [1.82, 2.24) is 0 Å². The monoisotopic (exact) mass is 849 g/mol. The van der Waals surface area contributed by atoms with Crippen LogP contribution in [0.1, 0.15) is 31.8 Å². The molecule has 310 valence electrons. The summed E-state index contributed by atoms with van der Waals surface area (Å²) in [5.74, 6) is 0. The maximum Gasteiger partial charge on any atom is 0.135 e. The predicted molar refractivity (Wildman–Crippen MR) is 275 cm³/mol. The molecule has 0 spiro atoms. The summed E-state index contributed by atoms with van der Waals surface area (Å²) in [6.07, 6.45) is 0. The predicted octanol–water partition coefficient (Wildman–Crippen LogP) is 17.2. The van der Waals surface area contributed by atoms with E-state index in [1.165, 1.54) is 0 Å². The van der Waals surface area contributed by atoms with Gasteiger partial charge in [-0.15, -0.1) is 0 Å². The fourth-order valence-electron chi connectivity index (χ4n) is 10.4. The van der Waals surface area contributed by atoms with Crippen molar-refractivity contribution in [3.05, 3.63) is 277 Å². The van der Waals surface area contributed by atoms with Gasteiger partial charge in [0.2, 0.25) is 0 Å². The minimum atomic E-state index is -1.55. The second-order valence-electron chi connectivity index (χ2n) is 16.7. The average molecular weight is 850 g/mol. The van der Waals surface area contributed by atoms with Crippen LogP contribution in [0.15, 0.2) is 259 Å². The standard InChI is InChI=1S/C63H42N2O/c1-4-22-46(23-5-1)64(47-24-6-2-7-25-47)50-36-38-57-54(41-50)55-42-51(65(48-26-8-3-9-27-48)49-35-34-43-18-10-11-20-45(43)40-49)37-39-58(55)63(57,56-30-16-21-44-19-12-13-28-52(44)56)59-31-17-33-61-62(59)53-29-14-15-32-60(53)66-61/h1-42H/i12D,13D,16D,19D,21D,28D,30D. The maximum atomic E-state index is 10.2. The highest BCUT2D eigenvalue weighted by Crippen LogP contribution is 2.61. The normalized spacial score (nSPS) is 15.6. The van der Waals surface area contributed by atoms with Crippen molar-refractivity contribution in [2.45, 2.75) is 5.41 Å². The Morgan fingerprint density at radius 3 is 1.55 bits per heavy atom. The minimum absolute atomic E-state index is 0.0195. The summed E-state index contributed by atoms with van der Waals surface area (Å²) in [7, 11) is 0. The lowest BCUT2D eigenvalue weighted by molar-refractivity contribution is 0.667. The van der Waals surface area contributed by atoms with E-state index in [0.29, 0.717) is 16.7 Å². The van der Waals surface area contributed by atoms with Crippen molar-refractivity contribution in [3.63, 3.8) is 0 Å². The zero-order valence-electron chi connectivity index (χ0n) is 42.5. The van der Waals surface area contributed by atoms with Crippen molar-refractivity contribution in [2.75, 3.05) is 9.80 Å². The molecule has 0 fully saturated rings. The molecule has 0 amide bonds. The van der Waals surface area contributed by atoms with Crippen molar-refractivity contribution < 1.29 is 14.0 Å². The number of hydrogen-bond donors (Lipinski definition) is 0. The van der Waals surface area contributed by atoms with Crippen molar-refractivity contribution >= 4 is 77.6 Å². The molecular weight excluding hydrogens is 801 g/mol. The third-order valence-corrected chi connectivity index (χ3v) is 13.1. The molecule has 1 aliphatic rings. The van der Waals surface area contributed by atoms with Crippen LogP contribution in [-0.4, -0.2) is 0 Å². The Morgan fingerprint density at radius 1 is 0.333 bits per heavy atom. The molecule has 0 saturated heterocycles. The molecule has 13 rings (SSSR count). The summed E-state index contributed by atoms with van der Waals surface area (Å²) in [4.78, 5) is 4.44. The van der Waals surface area contributed by atoms with Gasteiger partial charge in [0.15, 0.2) is 0 Å². The molecule has 1 aliphatic carbocycles. The van der Waals surface area contributed by atoms with Crippen LogP contribution in [0.25, 0.3) is 54.6 Å². The molecule has 0 N–H and O–H groups in total. The third-order valence-electron chi connectivity index (χ3n) is 13.1. The summed E-state index contributed by atoms with van der Waals surface area (Å²) in [5.41, 5.74) is 9.14. The molecule has 1 atom stereocenters. The van der Waals surface area contributed by atoms with Crippen LogP contribution in [0.5, 0.6) is 0 Å². The summed E-state index contributed by atoms with van der Waals surface area (Å²) in [5, 5.41) is 3.69. The van der Waals surface area contributed by atoms with Gasteiger partial charge in [0.05, 0.1) is 15.0 Å². The largest absolute Gasteiger partial charge is 0.456 e. The van der Waals surface area contributed by atoms with Crippen LogP contribution >= 0.6 is 0 Å². The molecule has 1 unspecified atom stereocenters. The SMILES string of the molecule is [2H]c1c([2H])c([2H])c2c(C3(c4cccc5oc6ccccc6c45)c4ccc(N(c5ccccc5)c5ccccc5)cc4-c4cc(N(c5ccccc5)c5ccc6ccccc6c5)ccc43)c([2H])c([2H])c([2H])c2c1[2H]. The number of para-hydroxylation sites is 4. The second-order valence-corrected chi connectivity index (χ2v) is 16.7. The van der Waals surface area contributed by atoms with Gasteiger partial charge in [0, 0.05) is 44.9 Å². The van der Waals surface area contributed by atoms with Gasteiger partial charge in [-0.2, -0.15) is 0 Å². The van der Waals surface area contributed by atoms with E-state index >= 15 is 0 Å². The van der Waals surface area contributed by atoms with Gasteiger partial charge >= 0.3 is 0 Å². The molecule has 1 aromatic heterocycles. The summed E-state index contributed by atoms with van der Waals surface area (Å²) in [6.45, 7) is 0. The van der Waals surface area contributed by atoms with Crippen LogP contribution in [0.2, 0.25) is 0 Å². The van der Waals surface area contributed by atoms with Crippen molar-refractivity contribution in [3.8, 4) is 11.1 Å². The van der Waals surface area contributed by atoms with Gasteiger partial charge in [-0.05, 0) is 140 Å². The summed E-state index contributed by atoms with van der Waals surface area (Å²) < 4.78 is 72.8. The molecule has 12 aromatic rings. The van der Waals surface area contributed by atoms with Gasteiger partial charge in [-0.1, -0.05) is 170 Å². The fourth-order valence-corrected chi connectivity index (χ4v) is 10.4. The molecule has 3 heteroatoms. The number of rotatable bonds is 8. The van der Waals surface area contributed by atoms with E-state index in [2.05, 4.69) is 113 Å². The molecule has 0 saturated carbocycles. The van der Waals surface area contributed by atoms with Crippen LogP contribution < -0.4 is 9.80 Å². The van der Waals surface area contributed by atoms with E-state index in [4.69, 9.17) is 7.16 Å². The molecular formula is C63H42N2O. The Kier molecular flexibility index (Phi) is 7.22. The molecule has 66 heavy (non-hydrogen) atoms. The van der Waals surface area contributed by atoms with Gasteiger partial charge in [-0.3, -0.25) is 0 Å². The van der Waals surface area contributed by atoms with Crippen molar-refractivity contribution in [1.29, 1.82) is 0 Å². The second kappa shape index (κ2) is 15.3. The first kappa shape index (κ1) is 31.2. The first-order valence-electron chi connectivity index (χ1n) is 25.6. The maximum absolute atomic E-state index is 10.2. The van der Waals surface area contributed by atoms with Gasteiger partial charge in [0.25, 0.3) is 0 Å². The number of nitrogens with zero attached hydrogens (tertiary/aromatic N) is 2. The Labute approximate surface area is 393 Å². The number of furan rings is 1. The van der Waals surface area contributed by atoms with Gasteiger partial charge in [-0.25, -0.2) is 0 Å². The van der Waals surface area contributed by atoms with Crippen LogP contribution in [0, 0.1) is 0 Å². The van der Waals surface area contributed by atoms with E-state index in [-0.39, 0.29) is 28.4 Å². The minimum Gasteiger partial charge on any atom is -0.456 e. The van der Waals surface area contributed by atoms with Crippen molar-refractivity contribution in [2.24, 2.45) is 0 Å². The zero-order valence-corrected chi connectivity index (χ0v) is 35.5. The molecule has 11 aromatic carbocycles. The first-order chi connectivity index (χ1) is 35.6. The first-order valence-corrected chi connectivity index (χ1v) is 22.1. The molecule has 0 bridgehead atoms. The summed E-state index contributed by atoms with van der Waals surface area (Å²) >= 11 is 0. The number of benzene rings is 11. The molecule has 3 nitrogen and oxygen atoms in total. The Morgan fingerprint density at radius 2 is 0.864 bits per heavy atom. The van der Waals surface area contributed by atoms with Gasteiger partial charge < -0.3 is 14.2 Å². The molecule has 1 heterocycles. The lowest BCUT2D eigenvalue weighted by atomic mass is 9.65. The quantitative estimate of drug-likeness (QED) is 0.152. The number of fused-ring (bicyclic) bond motifs is 8. The van der Waals surface area contributed by atoms with Crippen LogP contribution in [-0.2, 0) is 5.41 Å². The van der Waals surface area contributed by atoms with Crippen LogP contribution in [0.4, 0.5) is 34.1 Å². The third kappa shape index (κ3) is 5.84. The smallest absolute Gasteiger partial charge is 0.135 e. The highest BCUT2D eigenvalue weighted by molar-refractivity contribution is 6.10. The van der Waals surface area contributed by atoms with E-state index in [1.807, 2.05) is 109 Å². The fraction of sp³-hybridized carbons (Fsp3) is 0.0159. The highest BCUT2D eigenvalue weighted by atomic mass is 16.3. The van der Waals surface area contributed by atoms with E-state index in [9.17, 15) is 6.85 Å². The van der Waals surface area contributed by atoms with Gasteiger partial charge in [0.1, 0.15) is 11.2 Å². The molecule has 0 radical (unpaired) electrons.